The van der Waals surface area contributed by atoms with Crippen LogP contribution < -0.4 is 10.6 Å². The predicted octanol–water partition coefficient (Wildman–Crippen LogP) is 3.51. The van der Waals surface area contributed by atoms with E-state index in [9.17, 15) is 4.79 Å². The number of nitrogens with one attached hydrogen (secondary N) is 2. The van der Waals surface area contributed by atoms with Gasteiger partial charge in [-0.05, 0) is 30.7 Å². The summed E-state index contributed by atoms with van der Waals surface area (Å²) in [7, 11) is 0. The second-order valence-corrected chi connectivity index (χ2v) is 5.00. The zero-order valence-electron chi connectivity index (χ0n) is 12.2. The monoisotopic (exact) mass is 292 g/mol. The summed E-state index contributed by atoms with van der Waals surface area (Å²) in [5.41, 5.74) is 1.85. The van der Waals surface area contributed by atoms with Crippen LogP contribution in [0.15, 0.2) is 60.9 Å². The Bertz CT molecular complexity index is 789. The zero-order chi connectivity index (χ0) is 15.4. The van der Waals surface area contributed by atoms with Gasteiger partial charge in [0, 0.05) is 17.8 Å². The maximum Gasteiger partial charge on any atom is 0.320 e. The van der Waals surface area contributed by atoms with Crippen LogP contribution in [-0.4, -0.2) is 16.0 Å². The highest BCUT2D eigenvalue weighted by Gasteiger charge is 2.09. The van der Waals surface area contributed by atoms with Crippen molar-refractivity contribution in [1.29, 1.82) is 0 Å². The van der Waals surface area contributed by atoms with Crippen LogP contribution in [0.1, 0.15) is 18.5 Å². The quantitative estimate of drug-likeness (QED) is 0.776. The third kappa shape index (κ3) is 3.20. The van der Waals surface area contributed by atoms with E-state index in [1.807, 2.05) is 49.4 Å². The maximum atomic E-state index is 12.1. The van der Waals surface area contributed by atoms with E-state index in [0.29, 0.717) is 5.82 Å². The number of pyridine rings is 2. The average Bonchev–Trinajstić information content (AvgIpc) is 2.55. The molecule has 0 radical (unpaired) electrons. The first-order chi connectivity index (χ1) is 10.7. The molecule has 3 rings (SSSR count). The topological polar surface area (TPSA) is 66.9 Å². The molecule has 1 atom stereocenters. The molecule has 0 unspecified atom stereocenters. The van der Waals surface area contributed by atoms with Crippen molar-refractivity contribution in [3.63, 3.8) is 0 Å². The van der Waals surface area contributed by atoms with Crippen LogP contribution in [0, 0.1) is 0 Å². The number of rotatable bonds is 3. The fourth-order valence-corrected chi connectivity index (χ4v) is 2.21. The molecule has 2 amide bonds. The van der Waals surface area contributed by atoms with Crippen LogP contribution in [0.4, 0.5) is 10.6 Å². The van der Waals surface area contributed by atoms with Gasteiger partial charge in [-0.3, -0.25) is 10.3 Å². The summed E-state index contributed by atoms with van der Waals surface area (Å²) >= 11 is 0. The SMILES string of the molecule is C[C@@H](NC(=O)Nc1ccc2cnccc2n1)c1ccccc1. The van der Waals surface area contributed by atoms with E-state index in [4.69, 9.17) is 0 Å². The Hall–Kier alpha value is -2.95. The van der Waals surface area contributed by atoms with Gasteiger partial charge >= 0.3 is 6.03 Å². The van der Waals surface area contributed by atoms with E-state index in [-0.39, 0.29) is 12.1 Å². The van der Waals surface area contributed by atoms with Crippen LogP contribution in [0.5, 0.6) is 0 Å². The summed E-state index contributed by atoms with van der Waals surface area (Å²) in [6.07, 6.45) is 3.42. The number of aromatic nitrogens is 2. The van der Waals surface area contributed by atoms with Gasteiger partial charge in [0.15, 0.2) is 0 Å². The summed E-state index contributed by atoms with van der Waals surface area (Å²) in [5, 5.41) is 6.58. The molecule has 0 bridgehead atoms. The van der Waals surface area contributed by atoms with E-state index in [0.717, 1.165) is 16.5 Å². The first-order valence-corrected chi connectivity index (χ1v) is 7.05. The van der Waals surface area contributed by atoms with Crippen LogP contribution >= 0.6 is 0 Å². The average molecular weight is 292 g/mol. The lowest BCUT2D eigenvalue weighted by Gasteiger charge is -2.14. The molecule has 0 aliphatic carbocycles. The Morgan fingerprint density at radius 3 is 2.73 bits per heavy atom. The molecule has 2 N–H and O–H groups in total. The number of fused-ring (bicyclic) bond motifs is 1. The van der Waals surface area contributed by atoms with Gasteiger partial charge in [-0.1, -0.05) is 30.3 Å². The number of carbonyl (C=O) groups excluding carboxylic acids is 1. The highest BCUT2D eigenvalue weighted by molar-refractivity contribution is 5.90. The molecular formula is C17H16N4O. The normalized spacial score (nSPS) is 11.9. The minimum absolute atomic E-state index is 0.0779. The van der Waals surface area contributed by atoms with Crippen LogP contribution in [0.2, 0.25) is 0 Å². The molecule has 0 aliphatic heterocycles. The van der Waals surface area contributed by atoms with Gasteiger partial charge in [0.05, 0.1) is 11.6 Å². The van der Waals surface area contributed by atoms with E-state index < -0.39 is 0 Å². The molecule has 0 spiro atoms. The van der Waals surface area contributed by atoms with Crippen molar-refractivity contribution in [3.05, 3.63) is 66.5 Å². The summed E-state index contributed by atoms with van der Waals surface area (Å²) in [6, 6.07) is 14.9. The van der Waals surface area contributed by atoms with Gasteiger partial charge in [-0.2, -0.15) is 0 Å². The minimum Gasteiger partial charge on any atom is -0.331 e. The van der Waals surface area contributed by atoms with Gasteiger partial charge < -0.3 is 5.32 Å². The van der Waals surface area contributed by atoms with Crippen molar-refractivity contribution < 1.29 is 4.79 Å². The number of amides is 2. The van der Waals surface area contributed by atoms with Gasteiger partial charge in [0.2, 0.25) is 0 Å². The number of carbonyl (C=O) groups is 1. The third-order valence-electron chi connectivity index (χ3n) is 3.38. The van der Waals surface area contributed by atoms with Crippen molar-refractivity contribution in [2.45, 2.75) is 13.0 Å². The van der Waals surface area contributed by atoms with Crippen LogP contribution in [0.3, 0.4) is 0 Å². The number of urea groups is 1. The summed E-state index contributed by atoms with van der Waals surface area (Å²) < 4.78 is 0. The second kappa shape index (κ2) is 6.22. The van der Waals surface area contributed by atoms with Gasteiger partial charge in [-0.15, -0.1) is 0 Å². The Balaban J connectivity index is 1.68. The van der Waals surface area contributed by atoms with Crippen molar-refractivity contribution in [2.24, 2.45) is 0 Å². The first kappa shape index (κ1) is 14.0. The summed E-state index contributed by atoms with van der Waals surface area (Å²) in [4.78, 5) is 20.5. The maximum absolute atomic E-state index is 12.1. The molecule has 0 saturated carbocycles. The van der Waals surface area contributed by atoms with E-state index in [1.165, 1.54) is 0 Å². The molecule has 2 aromatic heterocycles. The summed E-state index contributed by atoms with van der Waals surface area (Å²) in [5.74, 6) is 0.511. The highest BCUT2D eigenvalue weighted by Crippen LogP contribution is 2.14. The molecule has 5 nitrogen and oxygen atoms in total. The Kier molecular flexibility index (Phi) is 3.96. The number of nitrogens with zero attached hydrogens (tertiary/aromatic N) is 2. The van der Waals surface area contributed by atoms with E-state index in [2.05, 4.69) is 20.6 Å². The molecular weight excluding hydrogens is 276 g/mol. The number of anilines is 1. The first-order valence-electron chi connectivity index (χ1n) is 7.05. The van der Waals surface area contributed by atoms with E-state index >= 15 is 0 Å². The highest BCUT2D eigenvalue weighted by atomic mass is 16.2. The largest absolute Gasteiger partial charge is 0.331 e. The van der Waals surface area contributed by atoms with Gasteiger partial charge in [-0.25, -0.2) is 9.78 Å². The molecule has 2 heterocycles. The smallest absolute Gasteiger partial charge is 0.320 e. The van der Waals surface area contributed by atoms with Crippen LogP contribution in [0.25, 0.3) is 10.9 Å². The number of benzene rings is 1. The molecule has 1 aromatic carbocycles. The molecule has 0 aliphatic rings. The van der Waals surface area contributed by atoms with E-state index in [1.54, 1.807) is 18.5 Å². The molecule has 22 heavy (non-hydrogen) atoms. The number of hydrogen-bond donors (Lipinski definition) is 2. The third-order valence-corrected chi connectivity index (χ3v) is 3.38. The van der Waals surface area contributed by atoms with Gasteiger partial charge in [0.1, 0.15) is 5.82 Å². The minimum atomic E-state index is -0.280. The van der Waals surface area contributed by atoms with Crippen molar-refractivity contribution in [1.82, 2.24) is 15.3 Å². The fraction of sp³-hybridized carbons (Fsp3) is 0.118. The Morgan fingerprint density at radius 2 is 1.91 bits per heavy atom. The molecule has 5 heteroatoms. The second-order valence-electron chi connectivity index (χ2n) is 5.00. The number of hydrogen-bond acceptors (Lipinski definition) is 3. The predicted molar refractivity (Wildman–Crippen MR) is 86.5 cm³/mol. The molecule has 3 aromatic rings. The molecule has 0 saturated heterocycles. The molecule has 110 valence electrons. The van der Waals surface area contributed by atoms with Crippen molar-refractivity contribution in [3.8, 4) is 0 Å². The molecule has 0 fully saturated rings. The fourth-order valence-electron chi connectivity index (χ4n) is 2.21. The lowest BCUT2D eigenvalue weighted by Crippen LogP contribution is -2.31. The summed E-state index contributed by atoms with van der Waals surface area (Å²) in [6.45, 7) is 1.94. The standard InChI is InChI=1S/C17H16N4O/c1-12(13-5-3-2-4-6-13)19-17(22)21-16-8-7-14-11-18-10-9-15(14)20-16/h2-12H,1H3,(H2,19,20,21,22)/t12-/m1/s1. The Morgan fingerprint density at radius 1 is 1.09 bits per heavy atom. The lowest BCUT2D eigenvalue weighted by atomic mass is 10.1. The van der Waals surface area contributed by atoms with Gasteiger partial charge in [0.25, 0.3) is 0 Å². The lowest BCUT2D eigenvalue weighted by molar-refractivity contribution is 0.249. The van der Waals surface area contributed by atoms with Crippen molar-refractivity contribution in [2.75, 3.05) is 5.32 Å². The van der Waals surface area contributed by atoms with Crippen LogP contribution in [-0.2, 0) is 0 Å². The zero-order valence-corrected chi connectivity index (χ0v) is 12.2. The Labute approximate surface area is 128 Å². The van der Waals surface area contributed by atoms with Crippen molar-refractivity contribution >= 4 is 22.8 Å².